The number of hydrogen-bond donors (Lipinski definition) is 2. The molecule has 0 heterocycles. The lowest BCUT2D eigenvalue weighted by atomic mass is 9.80. The zero-order valence-corrected chi connectivity index (χ0v) is 15.5. The first-order valence-corrected chi connectivity index (χ1v) is 9.50. The van der Waals surface area contributed by atoms with Gasteiger partial charge in [0, 0.05) is 0 Å². The molecule has 4 rings (SSSR count). The van der Waals surface area contributed by atoms with Gasteiger partial charge in [-0.1, -0.05) is 54.6 Å². The second kappa shape index (κ2) is 7.32. The van der Waals surface area contributed by atoms with Gasteiger partial charge in [0.25, 0.3) is 0 Å². The lowest BCUT2D eigenvalue weighted by Crippen LogP contribution is -2.05. The van der Waals surface area contributed by atoms with E-state index in [1.165, 1.54) is 16.7 Å². The molecule has 0 saturated heterocycles. The van der Waals surface area contributed by atoms with Crippen LogP contribution in [0.1, 0.15) is 41.9 Å². The van der Waals surface area contributed by atoms with Crippen LogP contribution < -0.4 is 0 Å². The molecule has 0 aliphatic heterocycles. The fourth-order valence-electron chi connectivity index (χ4n) is 4.07. The largest absolute Gasteiger partial charge is 0.508 e. The highest BCUT2D eigenvalue weighted by Gasteiger charge is 2.20. The second-order valence-corrected chi connectivity index (χ2v) is 7.29. The fourth-order valence-corrected chi connectivity index (χ4v) is 4.07. The first-order chi connectivity index (χ1) is 13.1. The Morgan fingerprint density at radius 1 is 0.852 bits per heavy atom. The fraction of sp³-hybridized carbons (Fsp3) is 0.200. The summed E-state index contributed by atoms with van der Waals surface area (Å²) >= 11 is 0. The highest BCUT2D eigenvalue weighted by molar-refractivity contribution is 5.85. The summed E-state index contributed by atoms with van der Waals surface area (Å²) in [4.78, 5) is 0. The van der Waals surface area contributed by atoms with E-state index in [0.29, 0.717) is 17.4 Å². The molecule has 136 valence electrons. The van der Waals surface area contributed by atoms with Crippen LogP contribution in [-0.2, 0) is 0 Å². The maximum Gasteiger partial charge on any atom is 0.119 e. The van der Waals surface area contributed by atoms with E-state index < -0.39 is 0 Å². The summed E-state index contributed by atoms with van der Waals surface area (Å²) in [6.45, 7) is 1.99. The minimum atomic E-state index is 0.317. The Kier molecular flexibility index (Phi) is 4.72. The summed E-state index contributed by atoms with van der Waals surface area (Å²) in [7, 11) is 0. The summed E-state index contributed by atoms with van der Waals surface area (Å²) in [5.41, 5.74) is 7.06. The number of hydrogen-bond acceptors (Lipinski definition) is 2. The molecule has 0 radical (unpaired) electrons. The molecule has 1 atom stereocenters. The lowest BCUT2D eigenvalue weighted by Gasteiger charge is -2.25. The van der Waals surface area contributed by atoms with Crippen LogP contribution in [0, 0.1) is 6.92 Å². The third kappa shape index (κ3) is 3.48. The van der Waals surface area contributed by atoms with Crippen LogP contribution in [0.5, 0.6) is 11.5 Å². The van der Waals surface area contributed by atoms with E-state index in [2.05, 4.69) is 24.3 Å². The van der Waals surface area contributed by atoms with Gasteiger partial charge in [0.15, 0.2) is 0 Å². The Morgan fingerprint density at radius 3 is 2.26 bits per heavy atom. The number of phenolic OH excluding ortho intramolecular Hbond substituents is 2. The molecule has 0 spiro atoms. The molecule has 3 aromatic rings. The van der Waals surface area contributed by atoms with Crippen molar-refractivity contribution in [3.63, 3.8) is 0 Å². The molecule has 0 bridgehead atoms. The molecule has 0 fully saturated rings. The Hall–Kier alpha value is -3.00. The Balaban J connectivity index is 1.68. The van der Waals surface area contributed by atoms with Crippen molar-refractivity contribution in [1.29, 1.82) is 0 Å². The zero-order valence-electron chi connectivity index (χ0n) is 15.5. The minimum Gasteiger partial charge on any atom is -0.508 e. The van der Waals surface area contributed by atoms with E-state index in [-0.39, 0.29) is 0 Å². The summed E-state index contributed by atoms with van der Waals surface area (Å²) in [5, 5.41) is 19.8. The van der Waals surface area contributed by atoms with Crippen LogP contribution in [-0.4, -0.2) is 10.2 Å². The molecule has 1 unspecified atom stereocenters. The van der Waals surface area contributed by atoms with Gasteiger partial charge in [-0.3, -0.25) is 0 Å². The average Bonchev–Trinajstić information content (AvgIpc) is 2.71. The van der Waals surface area contributed by atoms with Crippen molar-refractivity contribution in [2.75, 3.05) is 0 Å². The topological polar surface area (TPSA) is 40.5 Å². The maximum atomic E-state index is 10.3. The normalized spacial score (nSPS) is 16.8. The number of benzene rings is 3. The van der Waals surface area contributed by atoms with Crippen molar-refractivity contribution < 1.29 is 10.2 Å². The standard InChI is InChI=1S/C25H24O2/c1-17-24(27)16-15-23(25(17)21-5-3-2-4-6-21)20-9-7-18(8-10-20)19-11-13-22(26)14-12-19/h2-6,9,11-16,18,26-27H,7-8,10H2,1H3. The van der Waals surface area contributed by atoms with Gasteiger partial charge in [-0.2, -0.15) is 0 Å². The molecule has 27 heavy (non-hydrogen) atoms. The summed E-state index contributed by atoms with van der Waals surface area (Å²) in [6.07, 6.45) is 5.44. The Bertz CT molecular complexity index is 969. The highest BCUT2D eigenvalue weighted by atomic mass is 16.3. The van der Waals surface area contributed by atoms with Crippen LogP contribution >= 0.6 is 0 Å². The second-order valence-electron chi connectivity index (χ2n) is 7.29. The summed E-state index contributed by atoms with van der Waals surface area (Å²) in [6, 6.07) is 21.8. The smallest absolute Gasteiger partial charge is 0.119 e. The molecule has 3 aromatic carbocycles. The van der Waals surface area contributed by atoms with E-state index in [0.717, 1.165) is 36.0 Å². The van der Waals surface area contributed by atoms with Gasteiger partial charge >= 0.3 is 0 Å². The van der Waals surface area contributed by atoms with Crippen LogP contribution in [0.4, 0.5) is 0 Å². The van der Waals surface area contributed by atoms with Crippen LogP contribution in [0.3, 0.4) is 0 Å². The molecule has 2 heteroatoms. The van der Waals surface area contributed by atoms with Crippen molar-refractivity contribution >= 4 is 5.57 Å². The number of rotatable bonds is 3. The third-order valence-corrected chi connectivity index (χ3v) is 5.62. The first kappa shape index (κ1) is 17.4. The third-order valence-electron chi connectivity index (χ3n) is 5.62. The average molecular weight is 356 g/mol. The number of allylic oxidation sites excluding steroid dienone is 2. The quantitative estimate of drug-likeness (QED) is 0.568. The summed E-state index contributed by atoms with van der Waals surface area (Å²) in [5.74, 6) is 1.15. The molecular formula is C25H24O2. The summed E-state index contributed by atoms with van der Waals surface area (Å²) < 4.78 is 0. The van der Waals surface area contributed by atoms with Gasteiger partial charge in [-0.25, -0.2) is 0 Å². The Labute approximate surface area is 160 Å². The van der Waals surface area contributed by atoms with Crippen molar-refractivity contribution in [2.45, 2.75) is 32.1 Å². The van der Waals surface area contributed by atoms with Crippen LogP contribution in [0.15, 0.2) is 72.8 Å². The van der Waals surface area contributed by atoms with E-state index in [1.54, 1.807) is 12.1 Å². The number of aromatic hydroxyl groups is 2. The van der Waals surface area contributed by atoms with Gasteiger partial charge in [0.2, 0.25) is 0 Å². The molecule has 2 nitrogen and oxygen atoms in total. The van der Waals surface area contributed by atoms with Crippen molar-refractivity contribution in [3.8, 4) is 22.6 Å². The zero-order chi connectivity index (χ0) is 18.8. The van der Waals surface area contributed by atoms with Crippen LogP contribution in [0.25, 0.3) is 16.7 Å². The minimum absolute atomic E-state index is 0.317. The van der Waals surface area contributed by atoms with Crippen LogP contribution in [0.2, 0.25) is 0 Å². The SMILES string of the molecule is Cc1c(O)ccc(C2=CCC(c3ccc(O)cc3)CC2)c1-c1ccccc1. The van der Waals surface area contributed by atoms with Crippen molar-refractivity contribution in [2.24, 2.45) is 0 Å². The lowest BCUT2D eigenvalue weighted by molar-refractivity contribution is 0.471. The van der Waals surface area contributed by atoms with Crippen molar-refractivity contribution in [1.82, 2.24) is 0 Å². The van der Waals surface area contributed by atoms with E-state index in [1.807, 2.05) is 43.3 Å². The molecule has 0 aromatic heterocycles. The maximum absolute atomic E-state index is 10.3. The predicted molar refractivity (Wildman–Crippen MR) is 111 cm³/mol. The van der Waals surface area contributed by atoms with Gasteiger partial charge in [0.1, 0.15) is 11.5 Å². The predicted octanol–water partition coefficient (Wildman–Crippen LogP) is 6.42. The molecule has 1 aliphatic carbocycles. The van der Waals surface area contributed by atoms with E-state index in [4.69, 9.17) is 0 Å². The van der Waals surface area contributed by atoms with Gasteiger partial charge in [-0.15, -0.1) is 0 Å². The number of phenols is 2. The molecule has 0 amide bonds. The van der Waals surface area contributed by atoms with Gasteiger partial charge in [-0.05, 0) is 83.7 Å². The molecule has 1 aliphatic rings. The van der Waals surface area contributed by atoms with Crippen molar-refractivity contribution in [3.05, 3.63) is 89.5 Å². The van der Waals surface area contributed by atoms with E-state index in [9.17, 15) is 10.2 Å². The highest BCUT2D eigenvalue weighted by Crippen LogP contribution is 2.42. The van der Waals surface area contributed by atoms with Gasteiger partial charge in [0.05, 0.1) is 0 Å². The molecule has 0 saturated carbocycles. The molecule has 2 N–H and O–H groups in total. The Morgan fingerprint density at radius 2 is 1.59 bits per heavy atom. The van der Waals surface area contributed by atoms with Gasteiger partial charge < -0.3 is 10.2 Å². The monoisotopic (exact) mass is 356 g/mol. The first-order valence-electron chi connectivity index (χ1n) is 9.50. The van der Waals surface area contributed by atoms with E-state index >= 15 is 0 Å². The molecular weight excluding hydrogens is 332 g/mol.